The number of hydrogen-bond donors (Lipinski definition) is 1. The lowest BCUT2D eigenvalue weighted by Gasteiger charge is -2.25. The molecule has 19 heavy (non-hydrogen) atoms. The number of nitrogens with zero attached hydrogens (tertiary/aromatic N) is 2. The number of rotatable bonds is 2. The van der Waals surface area contributed by atoms with Gasteiger partial charge in [0.1, 0.15) is 0 Å². The van der Waals surface area contributed by atoms with Crippen LogP contribution in [0.15, 0.2) is 18.2 Å². The molecule has 104 valence electrons. The van der Waals surface area contributed by atoms with E-state index in [0.717, 1.165) is 19.0 Å². The number of hydrogen-bond acceptors (Lipinski definition) is 3. The van der Waals surface area contributed by atoms with E-state index >= 15 is 0 Å². The molecule has 2 heterocycles. The molecule has 0 aliphatic carbocycles. The fraction of sp³-hybridized carbons (Fsp3) is 0.625. The molecule has 0 aromatic heterocycles. The summed E-state index contributed by atoms with van der Waals surface area (Å²) in [7, 11) is 4.39. The van der Waals surface area contributed by atoms with Crippen LogP contribution in [0.5, 0.6) is 0 Å². The van der Waals surface area contributed by atoms with Gasteiger partial charge in [0.15, 0.2) is 0 Å². The standard InChI is InChI=1S/C16H25N3/c1-12-10-19(11-16(12)18(2)3)14-7-6-13-5-4-8-17-15(13)9-14/h6-7,9,12,16-17H,4-5,8,10-11H2,1-3H3. The van der Waals surface area contributed by atoms with Gasteiger partial charge in [-0.3, -0.25) is 0 Å². The maximum Gasteiger partial charge on any atom is 0.0393 e. The van der Waals surface area contributed by atoms with E-state index in [9.17, 15) is 0 Å². The zero-order valence-electron chi connectivity index (χ0n) is 12.3. The Morgan fingerprint density at radius 2 is 2.11 bits per heavy atom. The largest absolute Gasteiger partial charge is 0.385 e. The van der Waals surface area contributed by atoms with Crippen LogP contribution in [0, 0.1) is 5.92 Å². The van der Waals surface area contributed by atoms with E-state index in [-0.39, 0.29) is 0 Å². The second-order valence-corrected chi connectivity index (χ2v) is 6.29. The van der Waals surface area contributed by atoms with Crippen molar-refractivity contribution in [1.29, 1.82) is 0 Å². The van der Waals surface area contributed by atoms with E-state index in [4.69, 9.17) is 0 Å². The summed E-state index contributed by atoms with van der Waals surface area (Å²) in [6.07, 6.45) is 2.48. The minimum Gasteiger partial charge on any atom is -0.385 e. The first-order valence-corrected chi connectivity index (χ1v) is 7.43. The van der Waals surface area contributed by atoms with Crippen LogP contribution in [0.25, 0.3) is 0 Å². The Morgan fingerprint density at radius 3 is 2.84 bits per heavy atom. The lowest BCUT2D eigenvalue weighted by atomic mass is 10.0. The van der Waals surface area contributed by atoms with Crippen molar-refractivity contribution in [3.8, 4) is 0 Å². The molecule has 1 fully saturated rings. The first-order valence-electron chi connectivity index (χ1n) is 7.43. The molecule has 0 radical (unpaired) electrons. The lowest BCUT2D eigenvalue weighted by molar-refractivity contribution is 0.266. The second kappa shape index (κ2) is 5.04. The van der Waals surface area contributed by atoms with Crippen LogP contribution in [0.3, 0.4) is 0 Å². The number of fused-ring (bicyclic) bond motifs is 1. The monoisotopic (exact) mass is 259 g/mol. The maximum atomic E-state index is 3.53. The normalized spacial score (nSPS) is 26.4. The highest BCUT2D eigenvalue weighted by molar-refractivity contribution is 5.63. The number of nitrogens with one attached hydrogen (secondary N) is 1. The Morgan fingerprint density at radius 1 is 1.26 bits per heavy atom. The van der Waals surface area contributed by atoms with Crippen molar-refractivity contribution in [3.05, 3.63) is 23.8 Å². The molecule has 0 amide bonds. The maximum absolute atomic E-state index is 3.53. The van der Waals surface area contributed by atoms with Crippen molar-refractivity contribution >= 4 is 11.4 Å². The summed E-state index contributed by atoms with van der Waals surface area (Å²) in [5.74, 6) is 0.735. The Bertz CT molecular complexity index is 455. The van der Waals surface area contributed by atoms with Crippen molar-refractivity contribution in [2.45, 2.75) is 25.8 Å². The van der Waals surface area contributed by atoms with Crippen LogP contribution in [0.2, 0.25) is 0 Å². The quantitative estimate of drug-likeness (QED) is 0.880. The zero-order valence-corrected chi connectivity index (χ0v) is 12.3. The zero-order chi connectivity index (χ0) is 13.4. The Labute approximate surface area is 116 Å². The summed E-state index contributed by atoms with van der Waals surface area (Å²) in [5.41, 5.74) is 4.21. The average Bonchev–Trinajstić information content (AvgIpc) is 2.80. The molecule has 1 aromatic rings. The summed E-state index contributed by atoms with van der Waals surface area (Å²) in [6, 6.07) is 7.63. The molecule has 3 rings (SSSR count). The molecule has 1 aromatic carbocycles. The third kappa shape index (κ3) is 2.44. The van der Waals surface area contributed by atoms with E-state index in [1.165, 1.54) is 36.3 Å². The van der Waals surface area contributed by atoms with Gasteiger partial charge < -0.3 is 15.1 Å². The Balaban J connectivity index is 1.80. The van der Waals surface area contributed by atoms with Gasteiger partial charge in [0, 0.05) is 37.1 Å². The van der Waals surface area contributed by atoms with E-state index in [2.05, 4.69) is 54.3 Å². The highest BCUT2D eigenvalue weighted by atomic mass is 15.2. The second-order valence-electron chi connectivity index (χ2n) is 6.29. The van der Waals surface area contributed by atoms with Gasteiger partial charge in [-0.05, 0) is 50.6 Å². The van der Waals surface area contributed by atoms with E-state index < -0.39 is 0 Å². The molecule has 0 bridgehead atoms. The molecule has 0 saturated carbocycles. The van der Waals surface area contributed by atoms with Crippen LogP contribution in [0.4, 0.5) is 11.4 Å². The SMILES string of the molecule is CC1CN(c2ccc3c(c2)NCCC3)CC1N(C)C. The van der Waals surface area contributed by atoms with Crippen LogP contribution in [-0.2, 0) is 6.42 Å². The fourth-order valence-electron chi connectivity index (χ4n) is 3.48. The predicted octanol–water partition coefficient (Wildman–Crippen LogP) is 2.43. The highest BCUT2D eigenvalue weighted by Crippen LogP contribution is 2.31. The summed E-state index contributed by atoms with van der Waals surface area (Å²) in [4.78, 5) is 4.90. The summed E-state index contributed by atoms with van der Waals surface area (Å²) >= 11 is 0. The Hall–Kier alpha value is -1.22. The van der Waals surface area contributed by atoms with Crippen molar-refractivity contribution in [2.75, 3.05) is 43.9 Å². The Kier molecular flexibility index (Phi) is 3.40. The lowest BCUT2D eigenvalue weighted by Crippen LogP contribution is -2.34. The highest BCUT2D eigenvalue weighted by Gasteiger charge is 2.31. The number of anilines is 2. The van der Waals surface area contributed by atoms with Gasteiger partial charge in [-0.1, -0.05) is 13.0 Å². The van der Waals surface area contributed by atoms with Gasteiger partial charge in [-0.2, -0.15) is 0 Å². The molecule has 2 unspecified atom stereocenters. The van der Waals surface area contributed by atoms with Gasteiger partial charge in [-0.15, -0.1) is 0 Å². The molecule has 0 spiro atoms. The molecule has 2 aliphatic heterocycles. The minimum absolute atomic E-state index is 0.670. The van der Waals surface area contributed by atoms with Crippen LogP contribution in [-0.4, -0.2) is 44.7 Å². The molecule has 1 saturated heterocycles. The number of aryl methyl sites for hydroxylation is 1. The fourth-order valence-corrected chi connectivity index (χ4v) is 3.48. The minimum atomic E-state index is 0.670. The van der Waals surface area contributed by atoms with Gasteiger partial charge in [0.25, 0.3) is 0 Å². The molecule has 2 aliphatic rings. The van der Waals surface area contributed by atoms with Gasteiger partial charge in [0.2, 0.25) is 0 Å². The van der Waals surface area contributed by atoms with Crippen molar-refractivity contribution in [1.82, 2.24) is 4.90 Å². The van der Waals surface area contributed by atoms with Crippen molar-refractivity contribution in [2.24, 2.45) is 5.92 Å². The van der Waals surface area contributed by atoms with E-state index in [0.29, 0.717) is 6.04 Å². The predicted molar refractivity (Wildman–Crippen MR) is 82.1 cm³/mol. The third-order valence-electron chi connectivity index (χ3n) is 4.63. The third-order valence-corrected chi connectivity index (χ3v) is 4.63. The van der Waals surface area contributed by atoms with E-state index in [1.807, 2.05) is 0 Å². The summed E-state index contributed by atoms with van der Waals surface area (Å²) < 4.78 is 0. The molecule has 2 atom stereocenters. The van der Waals surface area contributed by atoms with Crippen molar-refractivity contribution < 1.29 is 0 Å². The molecular formula is C16H25N3. The topological polar surface area (TPSA) is 18.5 Å². The number of likely N-dealkylation sites (N-methyl/N-ethyl adjacent to an activating group) is 1. The van der Waals surface area contributed by atoms with Crippen molar-refractivity contribution in [3.63, 3.8) is 0 Å². The van der Waals surface area contributed by atoms with E-state index in [1.54, 1.807) is 0 Å². The summed E-state index contributed by atoms with van der Waals surface area (Å²) in [5, 5.41) is 3.53. The molecule has 3 heteroatoms. The molecule has 1 N–H and O–H groups in total. The smallest absolute Gasteiger partial charge is 0.0393 e. The summed E-state index contributed by atoms with van der Waals surface area (Å²) in [6.45, 7) is 5.79. The van der Waals surface area contributed by atoms with Crippen LogP contribution < -0.4 is 10.2 Å². The number of benzene rings is 1. The first kappa shape index (κ1) is 12.8. The van der Waals surface area contributed by atoms with Gasteiger partial charge in [-0.25, -0.2) is 0 Å². The van der Waals surface area contributed by atoms with Gasteiger partial charge >= 0.3 is 0 Å². The first-order chi connectivity index (χ1) is 9.15. The van der Waals surface area contributed by atoms with Crippen LogP contribution >= 0.6 is 0 Å². The average molecular weight is 259 g/mol. The van der Waals surface area contributed by atoms with Gasteiger partial charge in [0.05, 0.1) is 0 Å². The molecular weight excluding hydrogens is 234 g/mol. The molecule has 3 nitrogen and oxygen atoms in total. The van der Waals surface area contributed by atoms with Crippen LogP contribution in [0.1, 0.15) is 18.9 Å².